The van der Waals surface area contributed by atoms with Gasteiger partial charge in [-0.1, -0.05) is 19.6 Å². The highest BCUT2D eigenvalue weighted by Crippen LogP contribution is 2.37. The summed E-state index contributed by atoms with van der Waals surface area (Å²) < 4.78 is 5.18. The van der Waals surface area contributed by atoms with Gasteiger partial charge in [-0.25, -0.2) is 4.79 Å². The lowest BCUT2D eigenvalue weighted by Crippen LogP contribution is -2.55. The third kappa shape index (κ3) is 2.66. The Morgan fingerprint density at radius 3 is 2.62 bits per heavy atom. The highest BCUT2D eigenvalue weighted by atomic mass is 16.6. The summed E-state index contributed by atoms with van der Waals surface area (Å²) in [5.41, 5.74) is -2.10. The van der Waals surface area contributed by atoms with Crippen LogP contribution < -0.4 is 0 Å². The molecule has 2 rings (SSSR count). The number of carbonyl (C=O) groups excluding carboxylic acids is 2. The lowest BCUT2D eigenvalue weighted by Gasteiger charge is -2.35. The number of aliphatic hydroxyl groups is 3. The van der Waals surface area contributed by atoms with E-state index < -0.39 is 41.6 Å². The average Bonchev–Trinajstić information content (AvgIpc) is 2.68. The molecular formula is C15H20O6. The molecule has 6 heteroatoms. The van der Waals surface area contributed by atoms with Crippen molar-refractivity contribution in [2.24, 2.45) is 11.8 Å². The fourth-order valence-electron chi connectivity index (χ4n) is 2.81. The van der Waals surface area contributed by atoms with Gasteiger partial charge in [-0.2, -0.15) is 0 Å². The van der Waals surface area contributed by atoms with E-state index in [1.165, 1.54) is 6.08 Å². The van der Waals surface area contributed by atoms with Gasteiger partial charge in [0, 0.05) is 5.57 Å². The molecule has 2 aliphatic rings. The molecule has 0 aromatic heterocycles. The number of allylic oxidation sites excluding steroid dienone is 1. The summed E-state index contributed by atoms with van der Waals surface area (Å²) in [5, 5.41) is 30.7. The van der Waals surface area contributed by atoms with Crippen LogP contribution in [0.25, 0.3) is 0 Å². The lowest BCUT2D eigenvalue weighted by atomic mass is 9.78. The molecular weight excluding hydrogens is 276 g/mol. The van der Waals surface area contributed by atoms with Crippen LogP contribution in [0, 0.1) is 11.8 Å². The second-order valence-electron chi connectivity index (χ2n) is 6.01. The summed E-state index contributed by atoms with van der Waals surface area (Å²) in [5.74, 6) is -2.27. The van der Waals surface area contributed by atoms with E-state index in [9.17, 15) is 24.9 Å². The normalized spacial score (nSPS) is 46.0. The molecule has 3 N–H and O–H groups in total. The minimum Gasteiger partial charge on any atom is -0.458 e. The van der Waals surface area contributed by atoms with Crippen LogP contribution in [0.5, 0.6) is 0 Å². The number of esters is 1. The van der Waals surface area contributed by atoms with Crippen molar-refractivity contribution in [3.63, 3.8) is 0 Å². The summed E-state index contributed by atoms with van der Waals surface area (Å²) in [4.78, 5) is 23.6. The van der Waals surface area contributed by atoms with E-state index in [2.05, 4.69) is 6.58 Å². The van der Waals surface area contributed by atoms with Crippen LogP contribution in [0.15, 0.2) is 24.3 Å². The summed E-state index contributed by atoms with van der Waals surface area (Å²) in [6.45, 7) is 6.55. The van der Waals surface area contributed by atoms with Gasteiger partial charge in [-0.05, 0) is 25.3 Å². The summed E-state index contributed by atoms with van der Waals surface area (Å²) in [6.07, 6.45) is -0.739. The van der Waals surface area contributed by atoms with Crippen molar-refractivity contribution in [3.05, 3.63) is 24.3 Å². The van der Waals surface area contributed by atoms with Crippen molar-refractivity contribution < 1.29 is 29.6 Å². The number of aliphatic hydroxyl groups excluding tert-OH is 2. The smallest absolute Gasteiger partial charge is 0.334 e. The fourth-order valence-corrected chi connectivity index (χ4v) is 2.81. The summed E-state index contributed by atoms with van der Waals surface area (Å²) >= 11 is 0. The third-order valence-electron chi connectivity index (χ3n) is 4.27. The molecule has 0 aromatic rings. The summed E-state index contributed by atoms with van der Waals surface area (Å²) in [6, 6.07) is 0. The first-order chi connectivity index (χ1) is 9.66. The zero-order valence-corrected chi connectivity index (χ0v) is 12.0. The zero-order chi connectivity index (χ0) is 15.9. The Balaban J connectivity index is 2.45. The minimum absolute atomic E-state index is 0.0477. The topological polar surface area (TPSA) is 104 Å². The molecule has 0 aromatic carbocycles. The van der Waals surface area contributed by atoms with E-state index in [4.69, 9.17) is 4.74 Å². The second kappa shape index (κ2) is 5.36. The predicted molar refractivity (Wildman–Crippen MR) is 73.1 cm³/mol. The highest BCUT2D eigenvalue weighted by molar-refractivity contribution is 5.97. The van der Waals surface area contributed by atoms with Gasteiger partial charge in [0.2, 0.25) is 0 Å². The Hall–Kier alpha value is -1.50. The first-order valence-corrected chi connectivity index (χ1v) is 6.87. The zero-order valence-electron chi connectivity index (χ0n) is 12.0. The third-order valence-corrected chi connectivity index (χ3v) is 4.27. The van der Waals surface area contributed by atoms with Gasteiger partial charge in [0.05, 0.1) is 12.0 Å². The molecule has 6 atom stereocenters. The standard InChI is InChI=1S/C15H20O6/c1-7-4-5-10(16)15(3,20)13(18)12(17)11-8(2)14(19)21-9(11)6-7/h4-5,7,9,11-13,17-18,20H,2,6H2,1,3H3/b5-4-. The Kier molecular flexibility index (Phi) is 4.06. The van der Waals surface area contributed by atoms with Gasteiger partial charge >= 0.3 is 5.97 Å². The molecule has 1 heterocycles. The SMILES string of the molecule is C=C1C(=O)OC2CC(C)/C=C\C(=O)C(C)(O)C(O)C(O)C12. The Labute approximate surface area is 122 Å². The van der Waals surface area contributed by atoms with E-state index in [-0.39, 0.29) is 11.5 Å². The lowest BCUT2D eigenvalue weighted by molar-refractivity contribution is -0.160. The van der Waals surface area contributed by atoms with Crippen LogP contribution in [0.2, 0.25) is 0 Å². The number of fused-ring (bicyclic) bond motifs is 1. The van der Waals surface area contributed by atoms with Crippen molar-refractivity contribution in [2.75, 3.05) is 0 Å². The van der Waals surface area contributed by atoms with Gasteiger partial charge in [-0.15, -0.1) is 0 Å². The van der Waals surface area contributed by atoms with E-state index in [1.807, 2.05) is 6.92 Å². The van der Waals surface area contributed by atoms with E-state index in [0.717, 1.165) is 6.92 Å². The molecule has 1 aliphatic carbocycles. The maximum atomic E-state index is 12.0. The quantitative estimate of drug-likeness (QED) is 0.419. The minimum atomic E-state index is -2.15. The number of hydrogen-bond donors (Lipinski definition) is 3. The van der Waals surface area contributed by atoms with Gasteiger partial charge in [0.15, 0.2) is 11.4 Å². The molecule has 0 spiro atoms. The van der Waals surface area contributed by atoms with Crippen molar-refractivity contribution >= 4 is 11.8 Å². The van der Waals surface area contributed by atoms with Crippen LogP contribution in [-0.4, -0.2) is 51.0 Å². The van der Waals surface area contributed by atoms with Crippen LogP contribution >= 0.6 is 0 Å². The fraction of sp³-hybridized carbons (Fsp3) is 0.600. The number of ketones is 1. The number of rotatable bonds is 0. The first kappa shape index (κ1) is 15.9. The van der Waals surface area contributed by atoms with Crippen LogP contribution in [0.1, 0.15) is 20.3 Å². The van der Waals surface area contributed by atoms with E-state index in [1.54, 1.807) is 6.08 Å². The maximum Gasteiger partial charge on any atom is 0.334 e. The molecule has 1 aliphatic heterocycles. The average molecular weight is 296 g/mol. The van der Waals surface area contributed by atoms with Crippen molar-refractivity contribution in [3.8, 4) is 0 Å². The molecule has 0 bridgehead atoms. The first-order valence-electron chi connectivity index (χ1n) is 6.87. The molecule has 1 fully saturated rings. The molecule has 0 saturated carbocycles. The molecule has 6 nitrogen and oxygen atoms in total. The largest absolute Gasteiger partial charge is 0.458 e. The van der Waals surface area contributed by atoms with Crippen LogP contribution in [0.3, 0.4) is 0 Å². The molecule has 1 saturated heterocycles. The monoisotopic (exact) mass is 296 g/mol. The van der Waals surface area contributed by atoms with E-state index >= 15 is 0 Å². The van der Waals surface area contributed by atoms with Gasteiger partial charge < -0.3 is 20.1 Å². The van der Waals surface area contributed by atoms with Gasteiger partial charge in [0.25, 0.3) is 0 Å². The Morgan fingerprint density at radius 2 is 2.00 bits per heavy atom. The number of ether oxygens (including phenoxy) is 1. The van der Waals surface area contributed by atoms with Crippen molar-refractivity contribution in [1.29, 1.82) is 0 Å². The molecule has 6 unspecified atom stereocenters. The summed E-state index contributed by atoms with van der Waals surface area (Å²) in [7, 11) is 0. The molecule has 21 heavy (non-hydrogen) atoms. The van der Waals surface area contributed by atoms with Crippen molar-refractivity contribution in [1.82, 2.24) is 0 Å². The van der Waals surface area contributed by atoms with E-state index in [0.29, 0.717) is 6.42 Å². The number of hydrogen-bond acceptors (Lipinski definition) is 6. The molecule has 0 amide bonds. The Morgan fingerprint density at radius 1 is 1.38 bits per heavy atom. The second-order valence-corrected chi connectivity index (χ2v) is 6.01. The Bertz CT molecular complexity index is 506. The van der Waals surface area contributed by atoms with Crippen LogP contribution in [0.4, 0.5) is 0 Å². The molecule has 116 valence electrons. The van der Waals surface area contributed by atoms with Crippen LogP contribution in [-0.2, 0) is 14.3 Å². The highest BCUT2D eigenvalue weighted by Gasteiger charge is 2.51. The van der Waals surface area contributed by atoms with Gasteiger partial charge in [-0.3, -0.25) is 4.79 Å². The molecule has 0 radical (unpaired) electrons. The number of carbonyl (C=O) groups is 2. The van der Waals surface area contributed by atoms with Gasteiger partial charge in [0.1, 0.15) is 12.2 Å². The maximum absolute atomic E-state index is 12.0. The van der Waals surface area contributed by atoms with Crippen molar-refractivity contribution in [2.45, 2.75) is 44.2 Å². The predicted octanol–water partition coefficient (Wildman–Crippen LogP) is -0.278.